The van der Waals surface area contributed by atoms with E-state index in [0.717, 1.165) is 34.7 Å². The van der Waals surface area contributed by atoms with Crippen LogP contribution in [-0.2, 0) is 12.3 Å². The van der Waals surface area contributed by atoms with E-state index < -0.39 is 0 Å². The number of nitrogens with zero attached hydrogens (tertiary/aromatic N) is 1. The highest BCUT2D eigenvalue weighted by Crippen LogP contribution is 2.17. The Kier molecular flexibility index (Phi) is 13.0. The maximum Gasteiger partial charge on any atom is 0.261 e. The molecule has 0 aliphatic carbocycles. The van der Waals surface area contributed by atoms with Crippen molar-refractivity contribution in [3.63, 3.8) is 0 Å². The zero-order chi connectivity index (χ0) is 20.2. The molecule has 0 fully saturated rings. The molecule has 0 saturated carbocycles. The average molecular weight is 551 g/mol. The van der Waals surface area contributed by atoms with E-state index >= 15 is 0 Å². The molecule has 0 aliphatic heterocycles. The van der Waals surface area contributed by atoms with Crippen LogP contribution in [0.3, 0.4) is 0 Å². The van der Waals surface area contributed by atoms with Gasteiger partial charge in [0.05, 0.1) is 11.4 Å². The first-order valence-corrected chi connectivity index (χ1v) is 11.5. The summed E-state index contributed by atoms with van der Waals surface area (Å²) in [4.78, 5) is 17.2. The molecule has 3 N–H and O–H groups in total. The number of carbonyl (C=O) groups is 1. The van der Waals surface area contributed by atoms with Gasteiger partial charge in [-0.1, -0.05) is 12.1 Å². The van der Waals surface area contributed by atoms with E-state index in [0.29, 0.717) is 25.6 Å². The number of thiophene rings is 1. The second kappa shape index (κ2) is 14.6. The van der Waals surface area contributed by atoms with Crippen LogP contribution < -0.4 is 16.0 Å². The molecule has 2 aromatic rings. The van der Waals surface area contributed by atoms with Crippen molar-refractivity contribution in [1.82, 2.24) is 16.0 Å². The minimum atomic E-state index is -0.216. The summed E-state index contributed by atoms with van der Waals surface area (Å²) in [5, 5.41) is 11.3. The fourth-order valence-electron chi connectivity index (χ4n) is 2.54. The molecule has 0 radical (unpaired) electrons. The van der Waals surface area contributed by atoms with Gasteiger partial charge in [0, 0.05) is 25.4 Å². The van der Waals surface area contributed by atoms with Gasteiger partial charge >= 0.3 is 0 Å². The SMILES string of the molecule is CCNC(=NCc1ccc(F)cc1CSC)NCCCNC(=O)c1cccs1.I. The van der Waals surface area contributed by atoms with Gasteiger partial charge in [0.25, 0.3) is 5.91 Å². The van der Waals surface area contributed by atoms with E-state index in [9.17, 15) is 9.18 Å². The van der Waals surface area contributed by atoms with E-state index in [1.54, 1.807) is 23.9 Å². The summed E-state index contributed by atoms with van der Waals surface area (Å²) >= 11 is 3.10. The lowest BCUT2D eigenvalue weighted by atomic mass is 10.1. The Morgan fingerprint density at radius 2 is 1.97 bits per heavy atom. The minimum absolute atomic E-state index is 0. The monoisotopic (exact) mass is 550 g/mol. The Hall–Kier alpha value is -1.33. The summed E-state index contributed by atoms with van der Waals surface area (Å²) in [5.41, 5.74) is 2.00. The lowest BCUT2D eigenvalue weighted by molar-refractivity contribution is 0.0957. The van der Waals surface area contributed by atoms with Crippen molar-refractivity contribution in [3.05, 3.63) is 57.5 Å². The van der Waals surface area contributed by atoms with Crippen LogP contribution in [0.25, 0.3) is 0 Å². The van der Waals surface area contributed by atoms with Gasteiger partial charge in [0.15, 0.2) is 5.96 Å². The van der Waals surface area contributed by atoms with Crippen LogP contribution in [0.2, 0.25) is 0 Å². The average Bonchev–Trinajstić information content (AvgIpc) is 3.22. The standard InChI is InChI=1S/C20H27FN4OS2.HI/c1-3-22-20(24-10-5-9-23-19(26)18-6-4-11-28-18)25-13-15-7-8-17(21)12-16(15)14-27-2;/h4,6-8,11-12H,3,5,9-10,13-14H2,1-2H3,(H,23,26)(H2,22,24,25);1H. The van der Waals surface area contributed by atoms with Crippen LogP contribution in [0.5, 0.6) is 0 Å². The molecular formula is C20H28FIN4OS2. The Balaban J connectivity index is 0.00000420. The second-order valence-electron chi connectivity index (χ2n) is 6.05. The molecule has 0 aliphatic rings. The summed E-state index contributed by atoms with van der Waals surface area (Å²) < 4.78 is 13.5. The topological polar surface area (TPSA) is 65.5 Å². The molecule has 0 bridgehead atoms. The third-order valence-corrected chi connectivity index (χ3v) is 5.36. The van der Waals surface area contributed by atoms with Crippen LogP contribution in [-0.4, -0.2) is 37.8 Å². The van der Waals surface area contributed by atoms with Gasteiger partial charge in [-0.2, -0.15) is 11.8 Å². The van der Waals surface area contributed by atoms with Gasteiger partial charge < -0.3 is 16.0 Å². The molecule has 2 rings (SSSR count). The van der Waals surface area contributed by atoms with Crippen molar-refractivity contribution in [2.45, 2.75) is 25.6 Å². The van der Waals surface area contributed by atoms with Crippen molar-refractivity contribution in [2.75, 3.05) is 25.9 Å². The Morgan fingerprint density at radius 3 is 2.66 bits per heavy atom. The first kappa shape index (κ1) is 25.7. The van der Waals surface area contributed by atoms with Gasteiger partial charge in [0.1, 0.15) is 5.82 Å². The molecule has 1 heterocycles. The second-order valence-corrected chi connectivity index (χ2v) is 7.87. The van der Waals surface area contributed by atoms with E-state index in [1.165, 1.54) is 17.4 Å². The number of benzene rings is 1. The quantitative estimate of drug-likeness (QED) is 0.179. The van der Waals surface area contributed by atoms with Crippen LogP contribution in [0.4, 0.5) is 4.39 Å². The Labute approximate surface area is 197 Å². The third kappa shape index (κ3) is 9.35. The predicted molar refractivity (Wildman–Crippen MR) is 133 cm³/mol. The molecule has 160 valence electrons. The van der Waals surface area contributed by atoms with Crippen molar-refractivity contribution in [3.8, 4) is 0 Å². The molecule has 9 heteroatoms. The molecule has 0 saturated heterocycles. The molecule has 0 spiro atoms. The fourth-order valence-corrected chi connectivity index (χ4v) is 3.76. The maximum atomic E-state index is 13.5. The van der Waals surface area contributed by atoms with Crippen molar-refractivity contribution >= 4 is 58.9 Å². The van der Waals surface area contributed by atoms with Gasteiger partial charge in [-0.15, -0.1) is 35.3 Å². The molecule has 0 atom stereocenters. The first-order valence-electron chi connectivity index (χ1n) is 9.24. The number of guanidine groups is 1. The predicted octanol–water partition coefficient (Wildman–Crippen LogP) is 4.24. The number of amides is 1. The van der Waals surface area contributed by atoms with Gasteiger partial charge in [-0.25, -0.2) is 9.38 Å². The van der Waals surface area contributed by atoms with E-state index in [1.807, 2.05) is 30.7 Å². The van der Waals surface area contributed by atoms with Crippen molar-refractivity contribution in [1.29, 1.82) is 0 Å². The highest BCUT2D eigenvalue weighted by atomic mass is 127. The van der Waals surface area contributed by atoms with Gasteiger partial charge in [0.2, 0.25) is 0 Å². The molecule has 5 nitrogen and oxygen atoms in total. The zero-order valence-electron chi connectivity index (χ0n) is 16.7. The number of hydrogen-bond acceptors (Lipinski definition) is 4. The van der Waals surface area contributed by atoms with Crippen molar-refractivity contribution in [2.24, 2.45) is 4.99 Å². The number of halogens is 2. The summed E-state index contributed by atoms with van der Waals surface area (Å²) in [6, 6.07) is 8.54. The summed E-state index contributed by atoms with van der Waals surface area (Å²) in [7, 11) is 0. The van der Waals surface area contributed by atoms with E-state index in [2.05, 4.69) is 20.9 Å². The minimum Gasteiger partial charge on any atom is -0.357 e. The highest BCUT2D eigenvalue weighted by Gasteiger charge is 2.06. The number of hydrogen-bond donors (Lipinski definition) is 3. The fraction of sp³-hybridized carbons (Fsp3) is 0.400. The van der Waals surface area contributed by atoms with Gasteiger partial charge in [-0.05, 0) is 54.3 Å². The molecule has 1 aromatic heterocycles. The molecule has 1 amide bonds. The third-order valence-electron chi connectivity index (χ3n) is 3.90. The molecule has 29 heavy (non-hydrogen) atoms. The lowest BCUT2D eigenvalue weighted by Crippen LogP contribution is -2.38. The number of thioether (sulfide) groups is 1. The molecule has 0 unspecified atom stereocenters. The lowest BCUT2D eigenvalue weighted by Gasteiger charge is -2.12. The van der Waals surface area contributed by atoms with Crippen LogP contribution in [0, 0.1) is 5.82 Å². The van der Waals surface area contributed by atoms with Crippen LogP contribution >= 0.6 is 47.1 Å². The van der Waals surface area contributed by atoms with Gasteiger partial charge in [-0.3, -0.25) is 4.79 Å². The van der Waals surface area contributed by atoms with Crippen LogP contribution in [0.15, 0.2) is 40.7 Å². The normalized spacial score (nSPS) is 10.9. The van der Waals surface area contributed by atoms with E-state index in [4.69, 9.17) is 0 Å². The number of carbonyl (C=O) groups excluding carboxylic acids is 1. The maximum absolute atomic E-state index is 13.5. The summed E-state index contributed by atoms with van der Waals surface area (Å²) in [5.74, 6) is 1.22. The number of rotatable bonds is 10. The zero-order valence-corrected chi connectivity index (χ0v) is 20.6. The Morgan fingerprint density at radius 1 is 1.17 bits per heavy atom. The smallest absolute Gasteiger partial charge is 0.261 e. The first-order chi connectivity index (χ1) is 13.6. The molecular weight excluding hydrogens is 522 g/mol. The largest absolute Gasteiger partial charge is 0.357 e. The molecule has 1 aromatic carbocycles. The number of aliphatic imine (C=N–C) groups is 1. The van der Waals surface area contributed by atoms with E-state index in [-0.39, 0.29) is 35.7 Å². The van der Waals surface area contributed by atoms with Crippen LogP contribution in [0.1, 0.15) is 34.1 Å². The van der Waals surface area contributed by atoms with Crippen molar-refractivity contribution < 1.29 is 9.18 Å². The summed E-state index contributed by atoms with van der Waals surface area (Å²) in [6.07, 6.45) is 2.79. The summed E-state index contributed by atoms with van der Waals surface area (Å²) in [6.45, 7) is 4.54. The Bertz CT molecular complexity index is 772. The number of nitrogens with one attached hydrogen (secondary N) is 3. The highest BCUT2D eigenvalue weighted by molar-refractivity contribution is 14.0.